The van der Waals surface area contributed by atoms with Crippen LogP contribution in [0.2, 0.25) is 0 Å². The van der Waals surface area contributed by atoms with Gasteiger partial charge in [0.05, 0.1) is 4.90 Å². The van der Waals surface area contributed by atoms with Crippen molar-refractivity contribution >= 4 is 21.6 Å². The number of ether oxygens (including phenoxy) is 1. The number of nitrogens with one attached hydrogen (secondary N) is 1. The largest absolute Gasteiger partial charge is 0.385 e. The van der Waals surface area contributed by atoms with E-state index in [1.807, 2.05) is 11.8 Å². The average Bonchev–Trinajstić information content (AvgIpc) is 2.84. The quantitative estimate of drug-likeness (QED) is 0.750. The number of sulfonamides is 1. The van der Waals surface area contributed by atoms with Gasteiger partial charge in [0.2, 0.25) is 15.9 Å². The van der Waals surface area contributed by atoms with Gasteiger partial charge >= 0.3 is 0 Å². The average molecular weight is 366 g/mol. The fourth-order valence-corrected chi connectivity index (χ4v) is 4.59. The molecule has 3 rings (SSSR count). The van der Waals surface area contributed by atoms with Crippen LogP contribution in [0.15, 0.2) is 23.1 Å². The molecule has 0 spiro atoms. The highest BCUT2D eigenvalue weighted by Crippen LogP contribution is 2.38. The Hall–Kier alpha value is -1.44. The van der Waals surface area contributed by atoms with E-state index in [-0.39, 0.29) is 22.8 Å². The monoisotopic (exact) mass is 366 g/mol. The molecule has 0 bridgehead atoms. The number of carbonyl (C=O) groups is 1. The zero-order valence-corrected chi connectivity index (χ0v) is 15.6. The molecule has 1 N–H and O–H groups in total. The van der Waals surface area contributed by atoms with Gasteiger partial charge in [-0.25, -0.2) is 13.1 Å². The molecule has 1 heterocycles. The van der Waals surface area contributed by atoms with E-state index in [4.69, 9.17) is 4.74 Å². The second-order valence-electron chi connectivity index (χ2n) is 6.92. The van der Waals surface area contributed by atoms with E-state index < -0.39 is 10.0 Å². The van der Waals surface area contributed by atoms with E-state index >= 15 is 0 Å². The zero-order valence-electron chi connectivity index (χ0n) is 14.8. The summed E-state index contributed by atoms with van der Waals surface area (Å²) in [6.07, 6.45) is 4.38. The van der Waals surface area contributed by atoms with Crippen molar-refractivity contribution in [2.24, 2.45) is 5.92 Å². The lowest BCUT2D eigenvalue weighted by molar-refractivity contribution is -0.125. The van der Waals surface area contributed by atoms with Crippen LogP contribution in [0.1, 0.15) is 38.2 Å². The fourth-order valence-electron chi connectivity index (χ4n) is 3.47. The van der Waals surface area contributed by atoms with Crippen LogP contribution in [0, 0.1) is 5.92 Å². The second kappa shape index (κ2) is 7.43. The second-order valence-corrected chi connectivity index (χ2v) is 8.69. The van der Waals surface area contributed by atoms with Crippen molar-refractivity contribution in [3.05, 3.63) is 23.8 Å². The number of benzene rings is 1. The Kier molecular flexibility index (Phi) is 5.46. The van der Waals surface area contributed by atoms with Crippen molar-refractivity contribution < 1.29 is 17.9 Å². The van der Waals surface area contributed by atoms with Crippen molar-refractivity contribution in [3.8, 4) is 0 Å². The van der Waals surface area contributed by atoms with E-state index in [2.05, 4.69) is 4.72 Å². The van der Waals surface area contributed by atoms with Gasteiger partial charge in [-0.1, -0.05) is 6.42 Å². The molecule has 0 aromatic heterocycles. The van der Waals surface area contributed by atoms with Crippen LogP contribution in [0.4, 0.5) is 5.69 Å². The summed E-state index contributed by atoms with van der Waals surface area (Å²) in [6.45, 7) is 2.88. The molecule has 1 aromatic carbocycles. The van der Waals surface area contributed by atoms with Gasteiger partial charge in [0, 0.05) is 37.9 Å². The van der Waals surface area contributed by atoms with E-state index in [9.17, 15) is 13.2 Å². The molecule has 2 aliphatic rings. The highest BCUT2D eigenvalue weighted by Gasteiger charge is 2.37. The molecule has 1 aromatic rings. The molecule has 7 heteroatoms. The van der Waals surface area contributed by atoms with Crippen molar-refractivity contribution in [2.75, 3.05) is 25.2 Å². The summed E-state index contributed by atoms with van der Waals surface area (Å²) < 4.78 is 32.4. The molecule has 1 amide bonds. The highest BCUT2D eigenvalue weighted by atomic mass is 32.2. The molecular weight excluding hydrogens is 340 g/mol. The smallest absolute Gasteiger partial charge is 0.240 e. The first kappa shape index (κ1) is 18.4. The minimum absolute atomic E-state index is 0.0794. The number of hydrogen-bond donors (Lipinski definition) is 1. The molecule has 1 atom stereocenters. The summed E-state index contributed by atoms with van der Waals surface area (Å²) in [7, 11) is -1.95. The van der Waals surface area contributed by atoms with Gasteiger partial charge in [0.1, 0.15) is 0 Å². The van der Waals surface area contributed by atoms with Gasteiger partial charge in [-0.2, -0.15) is 0 Å². The van der Waals surface area contributed by atoms with Gasteiger partial charge in [-0.15, -0.1) is 0 Å². The van der Waals surface area contributed by atoms with Crippen LogP contribution >= 0.6 is 0 Å². The Balaban J connectivity index is 1.76. The third-order valence-electron chi connectivity index (χ3n) is 5.09. The van der Waals surface area contributed by atoms with E-state index in [1.54, 1.807) is 25.3 Å². The molecule has 138 valence electrons. The van der Waals surface area contributed by atoms with Crippen LogP contribution < -0.4 is 9.62 Å². The molecular formula is C18H26N2O4S. The third-order valence-corrected chi connectivity index (χ3v) is 6.54. The van der Waals surface area contributed by atoms with Gasteiger partial charge < -0.3 is 9.64 Å². The van der Waals surface area contributed by atoms with Gasteiger partial charge in [-0.05, 0) is 56.4 Å². The topological polar surface area (TPSA) is 75.7 Å². The molecule has 1 aliphatic carbocycles. The summed E-state index contributed by atoms with van der Waals surface area (Å²) in [5.74, 6) is 0.324. The Morgan fingerprint density at radius 1 is 1.36 bits per heavy atom. The lowest BCUT2D eigenvalue weighted by Gasteiger charge is -2.32. The molecule has 1 fully saturated rings. The number of carbonyl (C=O) groups excluding carboxylic acids is 1. The van der Waals surface area contributed by atoms with Crippen LogP contribution in [-0.2, 0) is 26.0 Å². The number of methoxy groups -OCH3 is 1. The van der Waals surface area contributed by atoms with Crippen LogP contribution in [0.25, 0.3) is 0 Å². The number of nitrogens with zero attached hydrogens (tertiary/aromatic N) is 1. The van der Waals surface area contributed by atoms with Crippen LogP contribution in [0.3, 0.4) is 0 Å². The maximum atomic E-state index is 12.7. The Morgan fingerprint density at radius 2 is 2.12 bits per heavy atom. The van der Waals surface area contributed by atoms with E-state index in [0.717, 1.165) is 30.5 Å². The summed E-state index contributed by atoms with van der Waals surface area (Å²) in [4.78, 5) is 14.8. The highest BCUT2D eigenvalue weighted by molar-refractivity contribution is 7.89. The number of rotatable bonds is 7. The summed E-state index contributed by atoms with van der Waals surface area (Å²) in [6, 6.07) is 5.16. The maximum absolute atomic E-state index is 12.7. The van der Waals surface area contributed by atoms with Crippen molar-refractivity contribution in [1.82, 2.24) is 4.72 Å². The van der Waals surface area contributed by atoms with Crippen molar-refractivity contribution in [1.29, 1.82) is 0 Å². The SMILES string of the molecule is COCCCNS(=O)(=O)c1ccc2c(c1)C[C@H](C)N2C(=O)C1CCC1. The summed E-state index contributed by atoms with van der Waals surface area (Å²) in [5.41, 5.74) is 1.79. The molecule has 6 nitrogen and oxygen atoms in total. The van der Waals surface area contributed by atoms with Crippen LogP contribution in [0.5, 0.6) is 0 Å². The first-order valence-corrected chi connectivity index (χ1v) is 10.4. The Labute approximate surface area is 149 Å². The standard InChI is InChI=1S/C18H26N2O4S/c1-13-11-15-12-16(25(22,23)19-9-4-10-24-2)7-8-17(15)20(13)18(21)14-5-3-6-14/h7-8,12-14,19H,3-6,9-11H2,1-2H3/t13-/m0/s1. The van der Waals surface area contributed by atoms with E-state index in [0.29, 0.717) is 26.0 Å². The van der Waals surface area contributed by atoms with Crippen LogP contribution in [-0.4, -0.2) is 40.6 Å². The lowest BCUT2D eigenvalue weighted by atomic mass is 9.84. The zero-order chi connectivity index (χ0) is 18.0. The minimum atomic E-state index is -3.54. The Bertz CT molecular complexity index is 743. The molecule has 1 saturated carbocycles. The van der Waals surface area contributed by atoms with Gasteiger partial charge in [0.25, 0.3) is 0 Å². The molecule has 0 radical (unpaired) electrons. The van der Waals surface area contributed by atoms with Crippen molar-refractivity contribution in [3.63, 3.8) is 0 Å². The van der Waals surface area contributed by atoms with Crippen molar-refractivity contribution in [2.45, 2.75) is 50.0 Å². The first-order valence-electron chi connectivity index (χ1n) is 8.88. The van der Waals surface area contributed by atoms with Gasteiger partial charge in [0.15, 0.2) is 0 Å². The molecule has 1 aliphatic heterocycles. The number of anilines is 1. The summed E-state index contributed by atoms with van der Waals surface area (Å²) >= 11 is 0. The number of hydrogen-bond acceptors (Lipinski definition) is 4. The predicted molar refractivity (Wildman–Crippen MR) is 96.1 cm³/mol. The van der Waals surface area contributed by atoms with E-state index in [1.165, 1.54) is 0 Å². The molecule has 0 saturated heterocycles. The Morgan fingerprint density at radius 3 is 2.76 bits per heavy atom. The number of fused-ring (bicyclic) bond motifs is 1. The summed E-state index contributed by atoms with van der Waals surface area (Å²) in [5, 5.41) is 0. The van der Waals surface area contributed by atoms with Gasteiger partial charge in [-0.3, -0.25) is 4.79 Å². The predicted octanol–water partition coefficient (Wildman–Crippen LogP) is 2.08. The molecule has 25 heavy (non-hydrogen) atoms. The maximum Gasteiger partial charge on any atom is 0.240 e. The minimum Gasteiger partial charge on any atom is -0.385 e. The number of amides is 1. The normalized spacial score (nSPS) is 20.4. The third kappa shape index (κ3) is 3.73. The fraction of sp³-hybridized carbons (Fsp3) is 0.611. The molecule has 0 unspecified atom stereocenters. The first-order chi connectivity index (χ1) is 11.9. The lowest BCUT2D eigenvalue weighted by Crippen LogP contribution is -2.42.